The molecule has 0 spiro atoms. The quantitative estimate of drug-likeness (QED) is 0.752. The van der Waals surface area contributed by atoms with Gasteiger partial charge in [-0.05, 0) is 18.9 Å². The number of carboxylic acid groups (broad SMARTS) is 1. The molecule has 0 aliphatic rings. The van der Waals surface area contributed by atoms with Crippen LogP contribution >= 0.6 is 0 Å². The normalized spacial score (nSPS) is 13.3. The van der Waals surface area contributed by atoms with Crippen LogP contribution in [0.25, 0.3) is 0 Å². The van der Waals surface area contributed by atoms with E-state index in [1.54, 1.807) is 0 Å². The Morgan fingerprint density at radius 1 is 1.29 bits per heavy atom. The maximum atomic E-state index is 11.7. The van der Waals surface area contributed by atoms with Gasteiger partial charge in [0.25, 0.3) is 0 Å². The van der Waals surface area contributed by atoms with Crippen LogP contribution in [-0.4, -0.2) is 48.5 Å². The second-order valence-electron chi connectivity index (χ2n) is 5.20. The number of hydrogen-bond acceptors (Lipinski definition) is 4. The van der Waals surface area contributed by atoms with E-state index in [1.807, 2.05) is 37.3 Å². The van der Waals surface area contributed by atoms with E-state index in [4.69, 9.17) is 5.11 Å². The largest absolute Gasteiger partial charge is 0.480 e. The van der Waals surface area contributed by atoms with Crippen molar-refractivity contribution in [2.24, 2.45) is 0 Å². The molecular weight excluding hydrogens is 290 g/mol. The zero-order chi connectivity index (χ0) is 15.9. The van der Waals surface area contributed by atoms with Crippen molar-refractivity contribution >= 4 is 15.8 Å². The Hall–Kier alpha value is -1.40. The van der Waals surface area contributed by atoms with Crippen LogP contribution in [-0.2, 0) is 21.2 Å². The number of rotatable bonds is 9. The van der Waals surface area contributed by atoms with Gasteiger partial charge >= 0.3 is 5.97 Å². The van der Waals surface area contributed by atoms with Gasteiger partial charge in [0.2, 0.25) is 0 Å². The Bertz CT molecular complexity index is 542. The molecule has 118 valence electrons. The first-order chi connectivity index (χ1) is 9.84. The molecule has 1 atom stereocenters. The Labute approximate surface area is 126 Å². The summed E-state index contributed by atoms with van der Waals surface area (Å²) >= 11 is 0. The molecule has 0 aliphatic heterocycles. The molecule has 1 aromatic carbocycles. The fourth-order valence-electron chi connectivity index (χ4n) is 2.05. The van der Waals surface area contributed by atoms with Gasteiger partial charge in [0.15, 0.2) is 9.84 Å². The summed E-state index contributed by atoms with van der Waals surface area (Å²) in [6, 6.07) is 10.1. The third kappa shape index (κ3) is 6.73. The highest BCUT2D eigenvalue weighted by Crippen LogP contribution is 2.11. The summed E-state index contributed by atoms with van der Waals surface area (Å²) in [5.41, 5.74) is 1.12. The van der Waals surface area contributed by atoms with Crippen LogP contribution in [0.15, 0.2) is 30.3 Å². The molecule has 6 heteroatoms. The predicted molar refractivity (Wildman–Crippen MR) is 82.9 cm³/mol. The van der Waals surface area contributed by atoms with Gasteiger partial charge in [-0.2, -0.15) is 0 Å². The van der Waals surface area contributed by atoms with Gasteiger partial charge in [0.1, 0.15) is 5.75 Å². The van der Waals surface area contributed by atoms with Crippen LogP contribution in [0.5, 0.6) is 0 Å². The van der Waals surface area contributed by atoms with Crippen molar-refractivity contribution < 1.29 is 18.3 Å². The van der Waals surface area contributed by atoms with E-state index in [-0.39, 0.29) is 11.8 Å². The monoisotopic (exact) mass is 313 g/mol. The van der Waals surface area contributed by atoms with E-state index in [2.05, 4.69) is 11.8 Å². The van der Waals surface area contributed by atoms with Crippen molar-refractivity contribution in [3.8, 4) is 0 Å². The topological polar surface area (TPSA) is 74.7 Å². The number of hydrogen-bond donors (Lipinski definition) is 1. The lowest BCUT2D eigenvalue weighted by Crippen LogP contribution is -2.37. The lowest BCUT2D eigenvalue weighted by atomic mass is 10.1. The standard InChI is InChI=1S/C15H23NO4S/c1-3-13(2)16(11-14-7-5-4-6-8-14)9-10-21(19,20)12-15(17)18/h4-8,13H,3,9-12H2,1-2H3,(H,17,18). The van der Waals surface area contributed by atoms with E-state index in [0.717, 1.165) is 12.0 Å². The van der Waals surface area contributed by atoms with E-state index >= 15 is 0 Å². The molecule has 21 heavy (non-hydrogen) atoms. The molecule has 0 amide bonds. The zero-order valence-electron chi connectivity index (χ0n) is 12.5. The molecule has 0 aliphatic carbocycles. The van der Waals surface area contributed by atoms with Crippen molar-refractivity contribution in [3.63, 3.8) is 0 Å². The average Bonchev–Trinajstić information content (AvgIpc) is 2.42. The lowest BCUT2D eigenvalue weighted by Gasteiger charge is -2.28. The summed E-state index contributed by atoms with van der Waals surface area (Å²) in [7, 11) is -3.55. The minimum absolute atomic E-state index is 0.128. The van der Waals surface area contributed by atoms with Crippen molar-refractivity contribution in [1.82, 2.24) is 4.90 Å². The van der Waals surface area contributed by atoms with Gasteiger partial charge in [-0.15, -0.1) is 0 Å². The van der Waals surface area contributed by atoms with Crippen LogP contribution in [0.4, 0.5) is 0 Å². The first-order valence-electron chi connectivity index (χ1n) is 7.04. The summed E-state index contributed by atoms with van der Waals surface area (Å²) in [4.78, 5) is 12.6. The molecule has 0 radical (unpaired) electrons. The molecular formula is C15H23NO4S. The third-order valence-corrected chi connectivity index (χ3v) is 4.97. The van der Waals surface area contributed by atoms with Gasteiger partial charge in [0.05, 0.1) is 5.75 Å². The predicted octanol–water partition coefficient (Wildman–Crippen LogP) is 1.79. The van der Waals surface area contributed by atoms with Gasteiger partial charge < -0.3 is 5.11 Å². The van der Waals surface area contributed by atoms with Crippen molar-refractivity contribution in [2.45, 2.75) is 32.9 Å². The minimum atomic E-state index is -3.55. The highest BCUT2D eigenvalue weighted by molar-refractivity contribution is 7.92. The Morgan fingerprint density at radius 2 is 1.90 bits per heavy atom. The number of carboxylic acids is 1. The number of nitrogens with zero attached hydrogens (tertiary/aromatic N) is 1. The number of sulfone groups is 1. The fourth-order valence-corrected chi connectivity index (χ4v) is 3.08. The fraction of sp³-hybridized carbons (Fsp3) is 0.533. The molecule has 1 unspecified atom stereocenters. The van der Waals surface area contributed by atoms with Gasteiger partial charge in [-0.3, -0.25) is 9.69 Å². The highest BCUT2D eigenvalue weighted by atomic mass is 32.2. The van der Waals surface area contributed by atoms with Gasteiger partial charge in [-0.25, -0.2) is 8.42 Å². The maximum Gasteiger partial charge on any atom is 0.318 e. The second-order valence-corrected chi connectivity index (χ2v) is 7.38. The number of aliphatic carboxylic acids is 1. The van der Waals surface area contributed by atoms with E-state index in [9.17, 15) is 13.2 Å². The van der Waals surface area contributed by atoms with Crippen LogP contribution < -0.4 is 0 Å². The van der Waals surface area contributed by atoms with Crippen molar-refractivity contribution in [3.05, 3.63) is 35.9 Å². The van der Waals surface area contributed by atoms with E-state index in [1.165, 1.54) is 0 Å². The Kier molecular flexibility index (Phi) is 6.84. The van der Waals surface area contributed by atoms with Crippen molar-refractivity contribution in [2.75, 3.05) is 18.1 Å². The van der Waals surface area contributed by atoms with E-state index in [0.29, 0.717) is 13.1 Å². The van der Waals surface area contributed by atoms with Crippen LogP contribution in [0, 0.1) is 0 Å². The molecule has 5 nitrogen and oxygen atoms in total. The molecule has 0 bridgehead atoms. The molecule has 0 saturated carbocycles. The summed E-state index contributed by atoms with van der Waals surface area (Å²) in [6.45, 7) is 5.11. The van der Waals surface area contributed by atoms with Gasteiger partial charge in [-0.1, -0.05) is 37.3 Å². The molecule has 1 rings (SSSR count). The van der Waals surface area contributed by atoms with Crippen molar-refractivity contribution in [1.29, 1.82) is 0 Å². The molecule has 1 N–H and O–H groups in total. The summed E-state index contributed by atoms with van der Waals surface area (Å²) in [5, 5.41) is 8.61. The SMILES string of the molecule is CCC(C)N(CCS(=O)(=O)CC(=O)O)Cc1ccccc1. The highest BCUT2D eigenvalue weighted by Gasteiger charge is 2.20. The van der Waals surface area contributed by atoms with Crippen LogP contribution in [0.1, 0.15) is 25.8 Å². The lowest BCUT2D eigenvalue weighted by molar-refractivity contribution is -0.134. The Balaban J connectivity index is 2.69. The maximum absolute atomic E-state index is 11.7. The summed E-state index contributed by atoms with van der Waals surface area (Å²) < 4.78 is 23.4. The molecule has 1 aromatic rings. The number of carbonyl (C=O) groups is 1. The Morgan fingerprint density at radius 3 is 2.43 bits per heavy atom. The van der Waals surface area contributed by atoms with E-state index < -0.39 is 21.6 Å². The average molecular weight is 313 g/mol. The molecule has 0 heterocycles. The smallest absolute Gasteiger partial charge is 0.318 e. The molecule has 0 saturated heterocycles. The second kappa shape index (κ2) is 8.14. The summed E-state index contributed by atoms with van der Waals surface area (Å²) in [5.74, 6) is -2.23. The van der Waals surface area contributed by atoms with Gasteiger partial charge in [0, 0.05) is 19.1 Å². The number of benzene rings is 1. The molecule has 0 aromatic heterocycles. The first kappa shape index (κ1) is 17.7. The molecule has 0 fully saturated rings. The van der Waals surface area contributed by atoms with Crippen LogP contribution in [0.2, 0.25) is 0 Å². The minimum Gasteiger partial charge on any atom is -0.480 e. The summed E-state index contributed by atoms with van der Waals surface area (Å²) in [6.07, 6.45) is 0.909. The third-order valence-electron chi connectivity index (χ3n) is 3.48. The zero-order valence-corrected chi connectivity index (χ0v) is 13.3. The first-order valence-corrected chi connectivity index (χ1v) is 8.86. The van der Waals surface area contributed by atoms with Crippen LogP contribution in [0.3, 0.4) is 0 Å².